The van der Waals surface area contributed by atoms with Gasteiger partial charge in [0.2, 0.25) is 0 Å². The fourth-order valence-electron chi connectivity index (χ4n) is 1.42. The van der Waals surface area contributed by atoms with Crippen molar-refractivity contribution in [3.8, 4) is 0 Å². The normalized spacial score (nSPS) is 13.0. The molecule has 2 N–H and O–H groups in total. The predicted molar refractivity (Wildman–Crippen MR) is 55.3 cm³/mol. The lowest BCUT2D eigenvalue weighted by Gasteiger charge is -2.28. The van der Waals surface area contributed by atoms with E-state index in [1.807, 2.05) is 0 Å². The quantitative estimate of drug-likeness (QED) is 0.828. The number of hydrogen-bond acceptors (Lipinski definition) is 2. The molecule has 0 fully saturated rings. The Balaban J connectivity index is 3.60. The van der Waals surface area contributed by atoms with Crippen molar-refractivity contribution in [3.05, 3.63) is 34.9 Å². The van der Waals surface area contributed by atoms with Crippen LogP contribution in [-0.4, -0.2) is 34.3 Å². The van der Waals surface area contributed by atoms with E-state index >= 15 is 0 Å². The number of alkyl halides is 7. The standard InChI is InChI=1S/C11H5F7O4/c12-9(13,10(14,15)11(16,17)18)6-2-4(7(19)20)1-5(3-6)8(21)22/h1-3H,(H,19,20)(H,21,22). The van der Waals surface area contributed by atoms with Crippen LogP contribution in [0.4, 0.5) is 30.7 Å². The van der Waals surface area contributed by atoms with Crippen molar-refractivity contribution in [2.75, 3.05) is 0 Å². The highest BCUT2D eigenvalue weighted by molar-refractivity contribution is 5.94. The Labute approximate surface area is 116 Å². The Morgan fingerprint density at radius 3 is 1.41 bits per heavy atom. The monoisotopic (exact) mass is 334 g/mol. The number of benzene rings is 1. The molecular formula is C11H5F7O4. The lowest BCUT2D eigenvalue weighted by Crippen LogP contribution is -2.50. The van der Waals surface area contributed by atoms with E-state index in [4.69, 9.17) is 10.2 Å². The van der Waals surface area contributed by atoms with Gasteiger partial charge in [0.05, 0.1) is 11.1 Å². The molecule has 122 valence electrons. The number of carbonyl (C=O) groups is 2. The molecule has 0 aliphatic carbocycles. The first-order chi connectivity index (χ1) is 9.71. The van der Waals surface area contributed by atoms with E-state index in [1.165, 1.54) is 0 Å². The number of hydrogen-bond donors (Lipinski definition) is 2. The first-order valence-electron chi connectivity index (χ1n) is 5.16. The van der Waals surface area contributed by atoms with Gasteiger partial charge in [-0.3, -0.25) is 0 Å². The summed E-state index contributed by atoms with van der Waals surface area (Å²) in [6.45, 7) is 0. The Kier molecular flexibility index (Phi) is 4.14. The minimum atomic E-state index is -6.63. The fourth-order valence-corrected chi connectivity index (χ4v) is 1.42. The van der Waals surface area contributed by atoms with Gasteiger partial charge in [-0.05, 0) is 18.2 Å². The van der Waals surface area contributed by atoms with Crippen LogP contribution in [-0.2, 0) is 5.92 Å². The highest BCUT2D eigenvalue weighted by atomic mass is 19.4. The van der Waals surface area contributed by atoms with E-state index in [0.717, 1.165) is 0 Å². The van der Waals surface area contributed by atoms with Crippen molar-refractivity contribution in [3.63, 3.8) is 0 Å². The summed E-state index contributed by atoms with van der Waals surface area (Å²) in [4.78, 5) is 21.3. The average molecular weight is 334 g/mol. The maximum Gasteiger partial charge on any atom is 0.460 e. The van der Waals surface area contributed by atoms with Crippen LogP contribution in [0.25, 0.3) is 0 Å². The second-order valence-electron chi connectivity index (χ2n) is 4.06. The summed E-state index contributed by atoms with van der Waals surface area (Å²) >= 11 is 0. The fraction of sp³-hybridized carbons (Fsp3) is 0.273. The molecule has 1 aromatic rings. The first-order valence-corrected chi connectivity index (χ1v) is 5.16. The van der Waals surface area contributed by atoms with Crippen molar-refractivity contribution >= 4 is 11.9 Å². The highest BCUT2D eigenvalue weighted by Gasteiger charge is 2.73. The zero-order chi connectivity index (χ0) is 17.5. The summed E-state index contributed by atoms with van der Waals surface area (Å²) in [5.74, 6) is -16.3. The molecule has 0 saturated heterocycles. The number of halogens is 7. The minimum Gasteiger partial charge on any atom is -0.478 e. The molecule has 1 rings (SSSR count). The maximum absolute atomic E-state index is 13.5. The Hall–Kier alpha value is -2.33. The van der Waals surface area contributed by atoms with Gasteiger partial charge < -0.3 is 10.2 Å². The Morgan fingerprint density at radius 1 is 0.773 bits per heavy atom. The van der Waals surface area contributed by atoms with E-state index in [2.05, 4.69) is 0 Å². The molecule has 0 spiro atoms. The summed E-state index contributed by atoms with van der Waals surface area (Å²) in [7, 11) is 0. The zero-order valence-electron chi connectivity index (χ0n) is 10.1. The lowest BCUT2D eigenvalue weighted by molar-refractivity contribution is -0.359. The Bertz CT molecular complexity index is 589. The largest absolute Gasteiger partial charge is 0.478 e. The molecule has 4 nitrogen and oxygen atoms in total. The molecule has 0 bridgehead atoms. The van der Waals surface area contributed by atoms with E-state index in [-0.39, 0.29) is 12.1 Å². The lowest BCUT2D eigenvalue weighted by atomic mass is 9.97. The van der Waals surface area contributed by atoms with Crippen LogP contribution >= 0.6 is 0 Å². The van der Waals surface area contributed by atoms with Gasteiger partial charge in [-0.1, -0.05) is 0 Å². The van der Waals surface area contributed by atoms with Gasteiger partial charge in [0.25, 0.3) is 0 Å². The Morgan fingerprint density at radius 2 is 1.14 bits per heavy atom. The molecule has 0 unspecified atom stereocenters. The zero-order valence-corrected chi connectivity index (χ0v) is 10.1. The van der Waals surface area contributed by atoms with Gasteiger partial charge in [-0.25, -0.2) is 9.59 Å². The minimum absolute atomic E-state index is 0.144. The number of aromatic carboxylic acids is 2. The third kappa shape index (κ3) is 2.83. The average Bonchev–Trinajstić information content (AvgIpc) is 2.36. The molecule has 0 aromatic heterocycles. The van der Waals surface area contributed by atoms with Crippen LogP contribution < -0.4 is 0 Å². The van der Waals surface area contributed by atoms with Gasteiger partial charge in [0.1, 0.15) is 0 Å². The second-order valence-corrected chi connectivity index (χ2v) is 4.06. The van der Waals surface area contributed by atoms with Crippen LogP contribution in [0.5, 0.6) is 0 Å². The predicted octanol–water partition coefficient (Wildman–Crippen LogP) is 3.37. The van der Waals surface area contributed by atoms with Crippen molar-refractivity contribution in [2.24, 2.45) is 0 Å². The second kappa shape index (κ2) is 5.14. The van der Waals surface area contributed by atoms with Crippen molar-refractivity contribution < 1.29 is 50.5 Å². The van der Waals surface area contributed by atoms with Gasteiger partial charge in [0.15, 0.2) is 0 Å². The first kappa shape index (κ1) is 17.7. The number of carboxylic acids is 2. The van der Waals surface area contributed by atoms with Gasteiger partial charge in [-0.2, -0.15) is 30.7 Å². The third-order valence-corrected chi connectivity index (χ3v) is 2.54. The molecule has 0 amide bonds. The number of carboxylic acid groups (broad SMARTS) is 2. The topological polar surface area (TPSA) is 74.6 Å². The molecule has 0 atom stereocenters. The van der Waals surface area contributed by atoms with E-state index < -0.39 is 46.7 Å². The van der Waals surface area contributed by atoms with E-state index in [0.29, 0.717) is 6.07 Å². The molecule has 0 heterocycles. The molecular weight excluding hydrogens is 329 g/mol. The van der Waals surface area contributed by atoms with Crippen LogP contribution in [0.1, 0.15) is 26.3 Å². The summed E-state index contributed by atoms with van der Waals surface area (Å²) < 4.78 is 88.9. The summed E-state index contributed by atoms with van der Waals surface area (Å²) in [6.07, 6.45) is -6.63. The molecule has 0 aliphatic heterocycles. The van der Waals surface area contributed by atoms with Gasteiger partial charge >= 0.3 is 30.0 Å². The maximum atomic E-state index is 13.5. The van der Waals surface area contributed by atoms with Crippen LogP contribution in [0.15, 0.2) is 18.2 Å². The van der Waals surface area contributed by atoms with E-state index in [9.17, 15) is 40.3 Å². The molecule has 0 aliphatic rings. The molecule has 22 heavy (non-hydrogen) atoms. The van der Waals surface area contributed by atoms with E-state index in [1.54, 1.807) is 0 Å². The third-order valence-electron chi connectivity index (χ3n) is 2.54. The van der Waals surface area contributed by atoms with Gasteiger partial charge in [0, 0.05) is 5.56 Å². The summed E-state index contributed by atoms with van der Waals surface area (Å²) in [5.41, 5.74) is -4.42. The highest BCUT2D eigenvalue weighted by Crippen LogP contribution is 2.51. The van der Waals surface area contributed by atoms with Crippen LogP contribution in [0.3, 0.4) is 0 Å². The van der Waals surface area contributed by atoms with Crippen LogP contribution in [0.2, 0.25) is 0 Å². The molecule has 0 saturated carbocycles. The SMILES string of the molecule is O=C(O)c1cc(C(=O)O)cc(C(F)(F)C(F)(F)C(F)(F)F)c1. The van der Waals surface area contributed by atoms with Crippen LogP contribution in [0, 0.1) is 0 Å². The van der Waals surface area contributed by atoms with Crippen molar-refractivity contribution in [1.29, 1.82) is 0 Å². The van der Waals surface area contributed by atoms with Gasteiger partial charge in [-0.15, -0.1) is 0 Å². The molecule has 1 aromatic carbocycles. The van der Waals surface area contributed by atoms with Crippen molar-refractivity contribution in [2.45, 2.75) is 18.0 Å². The number of rotatable bonds is 4. The van der Waals surface area contributed by atoms with Crippen molar-refractivity contribution in [1.82, 2.24) is 0 Å². The molecule has 0 radical (unpaired) electrons. The summed E-state index contributed by atoms with van der Waals surface area (Å²) in [6, 6.07) is 0.0544. The summed E-state index contributed by atoms with van der Waals surface area (Å²) in [5, 5.41) is 17.2. The molecule has 11 heteroatoms. The smallest absolute Gasteiger partial charge is 0.460 e.